The van der Waals surface area contributed by atoms with Gasteiger partial charge in [0.1, 0.15) is 0 Å². The molecule has 1 saturated heterocycles. The van der Waals surface area contributed by atoms with Crippen molar-refractivity contribution in [1.29, 1.82) is 0 Å². The van der Waals surface area contributed by atoms with Crippen LogP contribution in [-0.4, -0.2) is 32.3 Å². The van der Waals surface area contributed by atoms with Gasteiger partial charge in [-0.1, -0.05) is 0 Å². The first kappa shape index (κ1) is 15.8. The van der Waals surface area contributed by atoms with Crippen molar-refractivity contribution >= 4 is 41.6 Å². The summed E-state index contributed by atoms with van der Waals surface area (Å²) in [6.07, 6.45) is 3.11. The Labute approximate surface area is 131 Å². The van der Waals surface area contributed by atoms with E-state index in [1.54, 1.807) is 17.9 Å². The molecule has 1 aliphatic heterocycles. The maximum atomic E-state index is 12.4. The highest BCUT2D eigenvalue weighted by Gasteiger charge is 2.23. The van der Waals surface area contributed by atoms with Gasteiger partial charge in [-0.2, -0.15) is 0 Å². The lowest BCUT2D eigenvalue weighted by Crippen LogP contribution is -2.35. The Bertz CT molecular complexity index is 639. The van der Waals surface area contributed by atoms with Crippen LogP contribution >= 0.6 is 26.6 Å². The molecule has 1 fully saturated rings. The number of aryl methyl sites for hydroxylation is 1. The number of hydrogen-bond acceptors (Lipinski definition) is 3. The van der Waals surface area contributed by atoms with E-state index >= 15 is 0 Å². The van der Waals surface area contributed by atoms with Gasteiger partial charge < -0.3 is 4.90 Å². The Balaban J connectivity index is 2.42. The molecular formula is C13H15BrClNO3S. The van der Waals surface area contributed by atoms with Crippen LogP contribution in [0.25, 0.3) is 0 Å². The molecule has 0 atom stereocenters. The van der Waals surface area contributed by atoms with E-state index in [0.717, 1.165) is 32.4 Å². The molecule has 7 heteroatoms. The fourth-order valence-electron chi connectivity index (χ4n) is 2.32. The average Bonchev–Trinajstić information content (AvgIpc) is 2.40. The third kappa shape index (κ3) is 3.35. The molecule has 0 N–H and O–H groups in total. The summed E-state index contributed by atoms with van der Waals surface area (Å²) >= 11 is 3.21. The van der Waals surface area contributed by atoms with Crippen LogP contribution in [0.3, 0.4) is 0 Å². The quantitative estimate of drug-likeness (QED) is 0.740. The first-order valence-electron chi connectivity index (χ1n) is 6.35. The molecule has 20 heavy (non-hydrogen) atoms. The van der Waals surface area contributed by atoms with Crippen molar-refractivity contribution in [3.8, 4) is 0 Å². The van der Waals surface area contributed by atoms with E-state index in [1.165, 1.54) is 6.07 Å². The lowest BCUT2D eigenvalue weighted by molar-refractivity contribution is 0.0724. The van der Waals surface area contributed by atoms with Gasteiger partial charge in [0.25, 0.3) is 15.0 Å². The normalized spacial score (nSPS) is 16.2. The molecule has 1 aromatic rings. The zero-order valence-corrected chi connectivity index (χ0v) is 14.2. The topological polar surface area (TPSA) is 54.5 Å². The number of nitrogens with zero attached hydrogens (tertiary/aromatic N) is 1. The number of halogens is 2. The second kappa shape index (κ2) is 6.03. The lowest BCUT2D eigenvalue weighted by Gasteiger charge is -2.27. The maximum Gasteiger partial charge on any atom is 0.262 e. The molecule has 0 saturated carbocycles. The van der Waals surface area contributed by atoms with Crippen LogP contribution in [0.2, 0.25) is 0 Å². The number of hydrogen-bond donors (Lipinski definition) is 0. The molecule has 110 valence electrons. The fraction of sp³-hybridized carbons (Fsp3) is 0.462. The third-order valence-corrected chi connectivity index (χ3v) is 6.04. The van der Waals surface area contributed by atoms with Crippen molar-refractivity contribution in [1.82, 2.24) is 4.90 Å². The van der Waals surface area contributed by atoms with Gasteiger partial charge in [-0.05, 0) is 59.8 Å². The minimum Gasteiger partial charge on any atom is -0.339 e. The van der Waals surface area contributed by atoms with Gasteiger partial charge in [0, 0.05) is 33.8 Å². The fourth-order valence-corrected chi connectivity index (χ4v) is 4.47. The predicted molar refractivity (Wildman–Crippen MR) is 81.7 cm³/mol. The standard InChI is InChI=1S/C13H15BrClNO3S/c1-9-7-10(8-11(12(9)14)20(15,18)19)13(17)16-5-3-2-4-6-16/h7-8H,2-6H2,1H3. The van der Waals surface area contributed by atoms with E-state index in [9.17, 15) is 13.2 Å². The molecule has 0 aromatic heterocycles. The third-order valence-electron chi connectivity index (χ3n) is 3.37. The minimum absolute atomic E-state index is 0.0560. The van der Waals surface area contributed by atoms with Crippen LogP contribution in [0.1, 0.15) is 35.2 Å². The smallest absolute Gasteiger partial charge is 0.262 e. The van der Waals surface area contributed by atoms with Crippen LogP contribution < -0.4 is 0 Å². The largest absolute Gasteiger partial charge is 0.339 e. The number of likely N-dealkylation sites (tertiary alicyclic amines) is 1. The van der Waals surface area contributed by atoms with Gasteiger partial charge in [0.2, 0.25) is 0 Å². The molecule has 0 unspecified atom stereocenters. The monoisotopic (exact) mass is 379 g/mol. The van der Waals surface area contributed by atoms with Crippen LogP contribution in [0, 0.1) is 6.92 Å². The lowest BCUT2D eigenvalue weighted by atomic mass is 10.1. The summed E-state index contributed by atoms with van der Waals surface area (Å²) in [6, 6.07) is 3.03. The van der Waals surface area contributed by atoms with Gasteiger partial charge in [0.05, 0.1) is 4.90 Å². The van der Waals surface area contributed by atoms with Crippen LogP contribution in [0.15, 0.2) is 21.5 Å². The summed E-state index contributed by atoms with van der Waals surface area (Å²) in [5.74, 6) is -0.137. The van der Waals surface area contributed by atoms with Gasteiger partial charge in [-0.25, -0.2) is 8.42 Å². The summed E-state index contributed by atoms with van der Waals surface area (Å²) in [6.45, 7) is 3.18. The Morgan fingerprint density at radius 1 is 1.25 bits per heavy atom. The molecule has 4 nitrogen and oxygen atoms in total. The number of carbonyl (C=O) groups is 1. The van der Waals surface area contributed by atoms with Gasteiger partial charge >= 0.3 is 0 Å². The van der Waals surface area contributed by atoms with Crippen molar-refractivity contribution in [2.75, 3.05) is 13.1 Å². The predicted octanol–water partition coefficient (Wildman–Crippen LogP) is 3.31. The molecule has 1 heterocycles. The Morgan fingerprint density at radius 3 is 2.40 bits per heavy atom. The van der Waals surface area contributed by atoms with Crippen LogP contribution in [0.5, 0.6) is 0 Å². The number of piperidine rings is 1. The number of amides is 1. The second-order valence-electron chi connectivity index (χ2n) is 4.90. The number of benzene rings is 1. The molecule has 1 amide bonds. The SMILES string of the molecule is Cc1cc(C(=O)N2CCCCC2)cc(S(=O)(=O)Cl)c1Br. The highest BCUT2D eigenvalue weighted by atomic mass is 79.9. The van der Waals surface area contributed by atoms with Crippen molar-refractivity contribution < 1.29 is 13.2 Å². The van der Waals surface area contributed by atoms with E-state index in [2.05, 4.69) is 15.9 Å². The van der Waals surface area contributed by atoms with E-state index < -0.39 is 9.05 Å². The zero-order chi connectivity index (χ0) is 14.9. The highest BCUT2D eigenvalue weighted by Crippen LogP contribution is 2.30. The number of rotatable bonds is 2. The maximum absolute atomic E-state index is 12.4. The first-order valence-corrected chi connectivity index (χ1v) is 9.45. The van der Waals surface area contributed by atoms with E-state index in [0.29, 0.717) is 15.6 Å². The zero-order valence-electron chi connectivity index (χ0n) is 11.0. The van der Waals surface area contributed by atoms with Crippen molar-refractivity contribution in [2.24, 2.45) is 0 Å². The molecule has 1 aromatic carbocycles. The van der Waals surface area contributed by atoms with E-state index in [1.807, 2.05) is 0 Å². The average molecular weight is 381 g/mol. The Hall–Kier alpha value is -0.590. The molecule has 0 spiro atoms. The van der Waals surface area contributed by atoms with E-state index in [4.69, 9.17) is 10.7 Å². The summed E-state index contributed by atoms with van der Waals surface area (Å²) < 4.78 is 23.5. The first-order chi connectivity index (χ1) is 9.30. The summed E-state index contributed by atoms with van der Waals surface area (Å²) in [5, 5.41) is 0. The minimum atomic E-state index is -3.89. The van der Waals surface area contributed by atoms with Gasteiger partial charge in [-0.3, -0.25) is 4.79 Å². The summed E-state index contributed by atoms with van der Waals surface area (Å²) in [4.78, 5) is 14.1. The van der Waals surface area contributed by atoms with Crippen molar-refractivity contribution in [3.05, 3.63) is 27.7 Å². The molecule has 0 aliphatic carbocycles. The Morgan fingerprint density at radius 2 is 1.85 bits per heavy atom. The summed E-state index contributed by atoms with van der Waals surface area (Å²) in [7, 11) is 1.53. The molecule has 0 radical (unpaired) electrons. The Kier molecular flexibility index (Phi) is 4.76. The molecular weight excluding hydrogens is 366 g/mol. The van der Waals surface area contributed by atoms with Gasteiger partial charge in [-0.15, -0.1) is 0 Å². The summed E-state index contributed by atoms with van der Waals surface area (Å²) in [5.41, 5.74) is 1.04. The van der Waals surface area contributed by atoms with Crippen molar-refractivity contribution in [3.63, 3.8) is 0 Å². The number of carbonyl (C=O) groups excluding carboxylic acids is 1. The van der Waals surface area contributed by atoms with Crippen LogP contribution in [-0.2, 0) is 9.05 Å². The molecule has 2 rings (SSSR count). The van der Waals surface area contributed by atoms with E-state index in [-0.39, 0.29) is 10.8 Å². The van der Waals surface area contributed by atoms with Crippen molar-refractivity contribution in [2.45, 2.75) is 31.1 Å². The highest BCUT2D eigenvalue weighted by molar-refractivity contribution is 9.10. The second-order valence-corrected chi connectivity index (χ2v) is 8.22. The van der Waals surface area contributed by atoms with Gasteiger partial charge in [0.15, 0.2) is 0 Å². The molecule has 0 bridgehead atoms. The molecule has 1 aliphatic rings. The van der Waals surface area contributed by atoms with Crippen LogP contribution in [0.4, 0.5) is 0 Å².